The number of nitrogens with one attached hydrogen (secondary N) is 1. The van der Waals surface area contributed by atoms with E-state index < -0.39 is 168 Å². The number of carbonyl (C=O) groups excluding carboxylic acids is 2. The van der Waals surface area contributed by atoms with Crippen molar-refractivity contribution in [3.63, 3.8) is 0 Å². The lowest BCUT2D eigenvalue weighted by atomic mass is 9.93. The first kappa shape index (κ1) is 62.3. The van der Waals surface area contributed by atoms with Crippen LogP contribution in [0.1, 0.15) is 85.5 Å². The molecule has 3 N–H and O–H groups in total. The van der Waals surface area contributed by atoms with Crippen LogP contribution >= 0.6 is 19.4 Å². The van der Waals surface area contributed by atoms with Gasteiger partial charge in [-0.15, -0.1) is 0 Å². The molecule has 0 bridgehead atoms. The summed E-state index contributed by atoms with van der Waals surface area (Å²) >= 11 is 6.74. The Morgan fingerprint density at radius 1 is 0.914 bits per heavy atom. The number of para-hydroxylation sites is 1. The first-order chi connectivity index (χ1) is 37.1. The summed E-state index contributed by atoms with van der Waals surface area (Å²) in [6.07, 6.45) is -10.1. The number of alkyl halides is 8. The highest BCUT2D eigenvalue weighted by molar-refractivity contribution is 7.93. The van der Waals surface area contributed by atoms with Crippen LogP contribution in [0.3, 0.4) is 0 Å². The summed E-state index contributed by atoms with van der Waals surface area (Å²) in [5.41, 5.74) is -5.89. The van der Waals surface area contributed by atoms with Crippen LogP contribution in [0.4, 0.5) is 54.5 Å². The summed E-state index contributed by atoms with van der Waals surface area (Å²) in [6, 6.07) is 8.50. The van der Waals surface area contributed by atoms with E-state index in [0.717, 1.165) is 57.5 Å². The summed E-state index contributed by atoms with van der Waals surface area (Å²) < 4.78 is 218. The zero-order valence-electron chi connectivity index (χ0n) is 43.5. The molecule has 0 fully saturated rings. The molecule has 3 heterocycles. The molecule has 3 amide bonds. The maximum absolute atomic E-state index is 15.9. The number of hydrogen-bond donors (Lipinski definition) is 3. The molecule has 3 aromatic carbocycles. The number of sulfone groups is 1. The Bertz CT molecular complexity index is 3720. The van der Waals surface area contributed by atoms with Crippen molar-refractivity contribution in [2.24, 2.45) is 5.92 Å². The van der Waals surface area contributed by atoms with Crippen molar-refractivity contribution in [1.29, 1.82) is 0 Å². The minimum atomic E-state index is -5.28. The molecule has 6 aromatic rings. The van der Waals surface area contributed by atoms with Crippen molar-refractivity contribution in [3.8, 4) is 16.9 Å². The highest BCUT2D eigenvalue weighted by Crippen LogP contribution is 2.55. The molecule has 440 valence electrons. The maximum atomic E-state index is 15.9. The van der Waals surface area contributed by atoms with Gasteiger partial charge < -0.3 is 14.7 Å². The number of anilines is 1. The number of pyridine rings is 1. The molecule has 1 aliphatic rings. The number of aryl methyl sites for hydroxylation is 1. The number of nitrogens with zero attached hydrogens (tertiary/aromatic N) is 7. The van der Waals surface area contributed by atoms with E-state index in [1.165, 1.54) is 44.2 Å². The van der Waals surface area contributed by atoms with E-state index in [1.54, 1.807) is 0 Å². The number of hydrogen-bond acceptors (Lipinski definition) is 11. The fourth-order valence-electron chi connectivity index (χ4n) is 9.31. The van der Waals surface area contributed by atoms with Gasteiger partial charge in [-0.05, 0) is 74.9 Å². The second kappa shape index (κ2) is 22.1. The Balaban J connectivity index is 1.46. The van der Waals surface area contributed by atoms with Crippen LogP contribution in [0.25, 0.3) is 22.0 Å². The van der Waals surface area contributed by atoms with Gasteiger partial charge in [-0.25, -0.2) is 35.0 Å². The molecule has 0 spiro atoms. The fraction of sp³-hybridized carbons (Fsp3) is 0.408. The smallest absolute Gasteiger partial charge is 0.404 e. The van der Waals surface area contributed by atoms with Gasteiger partial charge in [0.25, 0.3) is 5.92 Å². The van der Waals surface area contributed by atoms with Gasteiger partial charge in [0.05, 0.1) is 45.2 Å². The molecule has 81 heavy (non-hydrogen) atoms. The highest BCUT2D eigenvalue weighted by atomic mass is 35.5. The minimum Gasteiger partial charge on any atom is -0.404 e. The Hall–Kier alpha value is -6.33. The molecular weight excluding hydrogens is 1180 g/mol. The number of halogens is 11. The first-order valence-corrected chi connectivity index (χ1v) is 29.6. The maximum Gasteiger partial charge on any atom is 0.524 e. The largest absolute Gasteiger partial charge is 0.524 e. The lowest BCUT2D eigenvalue weighted by Gasteiger charge is -2.26. The monoisotopic (exact) mass is 1230 g/mol. The van der Waals surface area contributed by atoms with Crippen molar-refractivity contribution in [2.45, 2.75) is 102 Å². The van der Waals surface area contributed by atoms with Gasteiger partial charge in [0.1, 0.15) is 36.2 Å². The number of amides is 3. The number of benzene rings is 3. The summed E-state index contributed by atoms with van der Waals surface area (Å²) in [7, 11) is -13.0. The molecular formula is C49H50ClF10N8O10PS2. The number of carbonyl (C=O) groups is 2. The van der Waals surface area contributed by atoms with Crippen LogP contribution in [0, 0.1) is 17.6 Å². The Morgan fingerprint density at radius 3 is 2.11 bits per heavy atom. The van der Waals surface area contributed by atoms with E-state index in [4.69, 9.17) is 21.1 Å². The highest BCUT2D eigenvalue weighted by Gasteiger charge is 2.57. The fourth-order valence-corrected chi connectivity index (χ4v) is 11.3. The standard InChI is InChI=1S/C49H50ClF10N8O10PS2/c1-25-26(2)48(56,57)43-38(25)42(49(58,59)60)63-66(43)23-37(69)62-35(20-27-18-29(51)21-30(52)19-27)40-32(13-12-31(61-40)16-17-46(3,4)80(6,74)75)33-14-15-34(50)39-41(33)67(24-47(53,54)55)64-44(39)68(81(7,76)77)45(70)65(5)22-28-10-8-9-11-36(28)78-79(71,72)73/h8-15,18-19,21,25-26,35H,16-17,20,22-24H2,1-7H3,(H,62,69)(H2,71,72,73)/t25-,26+,35-/m0/s1. The number of urea groups is 1. The van der Waals surface area contributed by atoms with Crippen LogP contribution < -0.4 is 14.1 Å². The quantitative estimate of drug-likeness (QED) is 0.0537. The van der Waals surface area contributed by atoms with Gasteiger partial charge >= 0.3 is 26.2 Å². The van der Waals surface area contributed by atoms with Gasteiger partial charge in [0.2, 0.25) is 15.9 Å². The minimum absolute atomic E-state index is 0.00110. The number of rotatable bonds is 18. The van der Waals surface area contributed by atoms with E-state index >= 15 is 8.78 Å². The molecule has 0 saturated carbocycles. The zero-order valence-corrected chi connectivity index (χ0v) is 46.8. The van der Waals surface area contributed by atoms with Gasteiger partial charge in [0, 0.05) is 53.2 Å². The second-order valence-electron chi connectivity index (χ2n) is 20.1. The molecule has 0 saturated heterocycles. The van der Waals surface area contributed by atoms with Gasteiger partial charge in [-0.2, -0.15) is 49.6 Å². The van der Waals surface area contributed by atoms with Crippen LogP contribution in [-0.4, -0.2) is 98.5 Å². The molecule has 18 nitrogen and oxygen atoms in total. The van der Waals surface area contributed by atoms with Crippen LogP contribution in [0.15, 0.2) is 66.7 Å². The molecule has 0 unspecified atom stereocenters. The van der Waals surface area contributed by atoms with Gasteiger partial charge in [-0.3, -0.25) is 28.9 Å². The van der Waals surface area contributed by atoms with E-state index in [0.29, 0.717) is 17.2 Å². The predicted octanol–water partition coefficient (Wildman–Crippen LogP) is 10.00. The average molecular weight is 1230 g/mol. The summed E-state index contributed by atoms with van der Waals surface area (Å²) in [5.74, 6) is -12.2. The molecule has 3 atom stereocenters. The summed E-state index contributed by atoms with van der Waals surface area (Å²) in [5, 5.41) is 8.68. The zero-order chi connectivity index (χ0) is 60.5. The average Bonchev–Trinajstić information content (AvgIpc) is 4.17. The molecule has 0 radical (unpaired) electrons. The Labute approximate surface area is 461 Å². The van der Waals surface area contributed by atoms with E-state index in [-0.39, 0.29) is 54.5 Å². The van der Waals surface area contributed by atoms with Gasteiger partial charge in [-0.1, -0.05) is 55.8 Å². The molecule has 32 heteroatoms. The van der Waals surface area contributed by atoms with Crippen LogP contribution in [0.5, 0.6) is 5.75 Å². The SMILES string of the molecule is C[C@@H]1c2c(C(F)(F)F)nn(CC(=O)N[C@@H](Cc3cc(F)cc(F)c3)c3nc(CCC(C)(C)S(C)(=O)=O)ccc3-c3ccc(Cl)c4c(N(C(=O)N(C)Cc5ccccc5OP(=O)(O)O)S(C)(=O)=O)nn(CC(F)(F)F)c34)c2C(F)(F)[C@@H]1C. The number of phosphoric acid groups is 1. The number of sulfonamides is 1. The third-order valence-electron chi connectivity index (χ3n) is 13.7. The van der Waals surface area contributed by atoms with Crippen molar-refractivity contribution in [1.82, 2.24) is 34.8 Å². The summed E-state index contributed by atoms with van der Waals surface area (Å²) in [4.78, 5) is 53.2. The molecule has 3 aromatic heterocycles. The van der Waals surface area contributed by atoms with Crippen LogP contribution in [0.2, 0.25) is 5.02 Å². The van der Waals surface area contributed by atoms with E-state index in [1.807, 2.05) is 0 Å². The Kier molecular flexibility index (Phi) is 17.0. The van der Waals surface area contributed by atoms with Crippen molar-refractivity contribution in [2.75, 3.05) is 23.9 Å². The van der Waals surface area contributed by atoms with Crippen molar-refractivity contribution in [3.05, 3.63) is 123 Å². The topological polar surface area (TPSA) is 236 Å². The van der Waals surface area contributed by atoms with Crippen molar-refractivity contribution >= 4 is 67.9 Å². The van der Waals surface area contributed by atoms with E-state index in [9.17, 15) is 75.9 Å². The molecule has 1 aliphatic carbocycles. The van der Waals surface area contributed by atoms with Crippen molar-refractivity contribution < 1.29 is 89.2 Å². The third kappa shape index (κ3) is 13.5. The first-order valence-electron chi connectivity index (χ1n) is 23.9. The lowest BCUT2D eigenvalue weighted by molar-refractivity contribution is -0.143. The number of phosphoric ester groups is 1. The lowest BCUT2D eigenvalue weighted by Crippen LogP contribution is -2.44. The molecule has 7 rings (SSSR count). The molecule has 0 aliphatic heterocycles. The second-order valence-corrected chi connectivity index (χ2v) is 26.2. The number of aromatic nitrogens is 5. The third-order valence-corrected chi connectivity index (χ3v) is 17.7. The number of fused-ring (bicyclic) bond motifs is 2. The predicted molar refractivity (Wildman–Crippen MR) is 274 cm³/mol. The van der Waals surface area contributed by atoms with Gasteiger partial charge in [0.15, 0.2) is 21.3 Å². The Morgan fingerprint density at radius 2 is 1.53 bits per heavy atom. The summed E-state index contributed by atoms with van der Waals surface area (Å²) in [6.45, 7) is 0.882. The van der Waals surface area contributed by atoms with Crippen LogP contribution in [-0.2, 0) is 73.8 Å². The normalized spacial score (nSPS) is 16.3. The van der Waals surface area contributed by atoms with E-state index in [2.05, 4.69) is 15.5 Å².